The number of hydrogen-bond acceptors (Lipinski definition) is 5. The van der Waals surface area contributed by atoms with Gasteiger partial charge in [0, 0.05) is 0 Å². The Morgan fingerprint density at radius 2 is 1.65 bits per heavy atom. The molecule has 0 aliphatic heterocycles. The van der Waals surface area contributed by atoms with Crippen molar-refractivity contribution in [1.29, 1.82) is 0 Å². The summed E-state index contributed by atoms with van der Waals surface area (Å²) in [4.78, 5) is 12.1. The number of nitrogens with zero attached hydrogens (tertiary/aromatic N) is 1. The van der Waals surface area contributed by atoms with E-state index in [1.807, 2.05) is 24.3 Å². The van der Waals surface area contributed by atoms with E-state index in [1.54, 1.807) is 42.5 Å². The van der Waals surface area contributed by atoms with Crippen molar-refractivity contribution in [3.8, 4) is 5.75 Å². The number of rotatable bonds is 7. The number of esters is 1. The van der Waals surface area contributed by atoms with Crippen LogP contribution in [-0.2, 0) is 19.6 Å². The summed E-state index contributed by atoms with van der Waals surface area (Å²) in [6.07, 6.45) is 4.61. The molecule has 7 heteroatoms. The van der Waals surface area contributed by atoms with Crippen molar-refractivity contribution in [2.45, 2.75) is 36.7 Å². The van der Waals surface area contributed by atoms with Crippen LogP contribution < -0.4 is 9.04 Å². The molecule has 4 rings (SSSR count). The zero-order chi connectivity index (χ0) is 21.8. The van der Waals surface area contributed by atoms with Crippen LogP contribution in [0.3, 0.4) is 0 Å². The number of carbonyl (C=O) groups is 1. The Kier molecular flexibility index (Phi) is 6.13. The second-order valence-electron chi connectivity index (χ2n) is 7.61. The van der Waals surface area contributed by atoms with Crippen molar-refractivity contribution >= 4 is 32.5 Å². The lowest BCUT2D eigenvalue weighted by Gasteiger charge is -2.24. The lowest BCUT2D eigenvalue weighted by molar-refractivity contribution is -0.138. The van der Waals surface area contributed by atoms with Gasteiger partial charge in [-0.2, -0.15) is 0 Å². The Labute approximate surface area is 182 Å². The minimum Gasteiger partial charge on any atom is -0.490 e. The summed E-state index contributed by atoms with van der Waals surface area (Å²) in [5.41, 5.74) is 0.373. The van der Waals surface area contributed by atoms with E-state index in [0.29, 0.717) is 11.4 Å². The fourth-order valence-corrected chi connectivity index (χ4v) is 5.29. The van der Waals surface area contributed by atoms with Crippen molar-refractivity contribution in [2.24, 2.45) is 0 Å². The molecule has 0 radical (unpaired) electrons. The lowest BCUT2D eigenvalue weighted by atomic mass is 10.1. The van der Waals surface area contributed by atoms with E-state index < -0.39 is 22.5 Å². The third-order valence-corrected chi connectivity index (χ3v) is 7.31. The van der Waals surface area contributed by atoms with Crippen molar-refractivity contribution in [2.75, 3.05) is 18.0 Å². The maximum absolute atomic E-state index is 13.5. The number of anilines is 1. The topological polar surface area (TPSA) is 72.9 Å². The molecule has 1 aliphatic carbocycles. The molecular formula is C24H25NO5S. The van der Waals surface area contributed by atoms with Crippen LogP contribution in [0.4, 0.5) is 5.69 Å². The number of fused-ring (bicyclic) bond motifs is 1. The fourth-order valence-electron chi connectivity index (χ4n) is 3.84. The van der Waals surface area contributed by atoms with Gasteiger partial charge in [0.25, 0.3) is 10.0 Å². The van der Waals surface area contributed by atoms with Crippen LogP contribution >= 0.6 is 0 Å². The van der Waals surface area contributed by atoms with Gasteiger partial charge in [0.2, 0.25) is 0 Å². The second-order valence-corrected chi connectivity index (χ2v) is 9.48. The third kappa shape index (κ3) is 4.66. The molecule has 0 aromatic heterocycles. The Morgan fingerprint density at radius 3 is 2.32 bits per heavy atom. The summed E-state index contributed by atoms with van der Waals surface area (Å²) >= 11 is 0. The molecule has 1 saturated carbocycles. The van der Waals surface area contributed by atoms with Gasteiger partial charge >= 0.3 is 5.97 Å². The first-order valence-electron chi connectivity index (χ1n) is 10.3. The van der Waals surface area contributed by atoms with Gasteiger partial charge in [-0.1, -0.05) is 30.3 Å². The average molecular weight is 440 g/mol. The molecule has 0 spiro atoms. The van der Waals surface area contributed by atoms with Gasteiger partial charge in [0.05, 0.1) is 23.8 Å². The summed E-state index contributed by atoms with van der Waals surface area (Å²) in [7, 11) is -2.76. The molecule has 0 heterocycles. The van der Waals surface area contributed by atoms with Gasteiger partial charge < -0.3 is 9.47 Å². The zero-order valence-electron chi connectivity index (χ0n) is 17.4. The second kappa shape index (κ2) is 8.98. The smallest absolute Gasteiger partial charge is 0.326 e. The molecule has 0 bridgehead atoms. The number of carbonyl (C=O) groups excluding carboxylic acids is 1. The summed E-state index contributed by atoms with van der Waals surface area (Å²) in [6, 6.07) is 19.3. The number of ether oxygens (including phenoxy) is 2. The summed E-state index contributed by atoms with van der Waals surface area (Å²) in [5.74, 6) is 0.0485. The first kappa shape index (κ1) is 21.2. The summed E-state index contributed by atoms with van der Waals surface area (Å²) < 4.78 is 38.7. The molecule has 0 amide bonds. The molecule has 0 saturated heterocycles. The molecule has 1 aliphatic rings. The van der Waals surface area contributed by atoms with Gasteiger partial charge in [-0.25, -0.2) is 8.42 Å². The summed E-state index contributed by atoms with van der Waals surface area (Å²) in [5, 5.41) is 1.75. The van der Waals surface area contributed by atoms with Crippen LogP contribution in [0.25, 0.3) is 10.8 Å². The van der Waals surface area contributed by atoms with E-state index in [2.05, 4.69) is 0 Å². The van der Waals surface area contributed by atoms with Crippen molar-refractivity contribution in [3.05, 3.63) is 66.7 Å². The average Bonchev–Trinajstić information content (AvgIpc) is 3.30. The number of methoxy groups -OCH3 is 1. The van der Waals surface area contributed by atoms with Gasteiger partial charge in [0.15, 0.2) is 0 Å². The maximum atomic E-state index is 13.5. The van der Waals surface area contributed by atoms with Crippen molar-refractivity contribution < 1.29 is 22.7 Å². The van der Waals surface area contributed by atoms with E-state index in [4.69, 9.17) is 9.47 Å². The first-order valence-corrected chi connectivity index (χ1v) is 11.8. The van der Waals surface area contributed by atoms with E-state index in [0.717, 1.165) is 27.9 Å². The van der Waals surface area contributed by atoms with E-state index >= 15 is 0 Å². The van der Waals surface area contributed by atoms with Crippen LogP contribution in [0.5, 0.6) is 5.75 Å². The monoisotopic (exact) mass is 439 g/mol. The van der Waals surface area contributed by atoms with Crippen molar-refractivity contribution in [1.82, 2.24) is 0 Å². The molecule has 6 nitrogen and oxygen atoms in total. The summed E-state index contributed by atoms with van der Waals surface area (Å²) in [6.45, 7) is -0.422. The molecule has 31 heavy (non-hydrogen) atoms. The molecule has 0 atom stereocenters. The number of sulfonamides is 1. The van der Waals surface area contributed by atoms with Crippen LogP contribution in [0.1, 0.15) is 25.7 Å². The van der Waals surface area contributed by atoms with Crippen LogP contribution in [0.2, 0.25) is 0 Å². The van der Waals surface area contributed by atoms with Gasteiger partial charge in [-0.3, -0.25) is 9.10 Å². The molecule has 1 fully saturated rings. The Bertz CT molecular complexity index is 1170. The zero-order valence-corrected chi connectivity index (χ0v) is 18.2. The lowest BCUT2D eigenvalue weighted by Crippen LogP contribution is -2.36. The first-order chi connectivity index (χ1) is 15.0. The number of benzene rings is 3. The highest BCUT2D eigenvalue weighted by Crippen LogP contribution is 2.29. The molecule has 162 valence electrons. The normalized spacial score (nSPS) is 14.5. The van der Waals surface area contributed by atoms with Crippen LogP contribution in [-0.4, -0.2) is 34.1 Å². The third-order valence-electron chi connectivity index (χ3n) is 5.54. The molecule has 0 unspecified atom stereocenters. The fraction of sp³-hybridized carbons (Fsp3) is 0.292. The standard InChI is InChI=1S/C24H25NO5S/c1-29-24(26)17-25(20-11-13-22(14-12-20)30-21-8-4-5-9-21)31(27,28)23-15-10-18-6-2-3-7-19(18)16-23/h2-3,6-7,10-16,21H,4-5,8-9,17H2,1H3. The molecule has 3 aromatic rings. The Morgan fingerprint density at radius 1 is 0.968 bits per heavy atom. The SMILES string of the molecule is COC(=O)CN(c1ccc(OC2CCCC2)cc1)S(=O)(=O)c1ccc2ccccc2c1. The van der Waals surface area contributed by atoms with Crippen LogP contribution in [0.15, 0.2) is 71.6 Å². The Hall–Kier alpha value is -3.06. The van der Waals surface area contributed by atoms with E-state index in [9.17, 15) is 13.2 Å². The number of hydrogen-bond donors (Lipinski definition) is 0. The minimum atomic E-state index is -3.99. The van der Waals surface area contributed by atoms with E-state index in [1.165, 1.54) is 20.0 Å². The quantitative estimate of drug-likeness (QED) is 0.506. The molecule has 0 N–H and O–H groups in total. The maximum Gasteiger partial charge on any atom is 0.326 e. The molecular weight excluding hydrogens is 414 g/mol. The van der Waals surface area contributed by atoms with Gasteiger partial charge in [0.1, 0.15) is 12.3 Å². The predicted molar refractivity (Wildman–Crippen MR) is 120 cm³/mol. The predicted octanol–water partition coefficient (Wildman–Crippen LogP) is 4.53. The Balaban J connectivity index is 1.66. The highest BCUT2D eigenvalue weighted by atomic mass is 32.2. The van der Waals surface area contributed by atoms with Gasteiger partial charge in [-0.05, 0) is 72.9 Å². The minimum absolute atomic E-state index is 0.112. The highest BCUT2D eigenvalue weighted by molar-refractivity contribution is 7.92. The van der Waals surface area contributed by atoms with Crippen molar-refractivity contribution in [3.63, 3.8) is 0 Å². The van der Waals surface area contributed by atoms with E-state index in [-0.39, 0.29) is 11.0 Å². The van der Waals surface area contributed by atoms with Gasteiger partial charge in [-0.15, -0.1) is 0 Å². The molecule has 3 aromatic carbocycles. The largest absolute Gasteiger partial charge is 0.490 e. The highest BCUT2D eigenvalue weighted by Gasteiger charge is 2.28. The van der Waals surface area contributed by atoms with Crippen LogP contribution in [0, 0.1) is 0 Å².